The number of tetrazole rings is 1. The molecular formula is C19H17BrN6S. The minimum absolute atomic E-state index is 0.507. The van der Waals surface area contributed by atoms with E-state index in [1.54, 1.807) is 15.7 Å². The lowest BCUT2D eigenvalue weighted by atomic mass is 10.1. The molecule has 2 aromatic heterocycles. The van der Waals surface area contributed by atoms with Crippen molar-refractivity contribution in [1.82, 2.24) is 30.0 Å². The van der Waals surface area contributed by atoms with Crippen LogP contribution in [0.15, 0.2) is 58.2 Å². The molecule has 0 saturated heterocycles. The zero-order valence-electron chi connectivity index (χ0n) is 14.8. The number of benzene rings is 2. The van der Waals surface area contributed by atoms with Gasteiger partial charge in [0, 0.05) is 4.47 Å². The summed E-state index contributed by atoms with van der Waals surface area (Å²) >= 11 is 8.08. The fourth-order valence-electron chi connectivity index (χ4n) is 2.72. The van der Waals surface area contributed by atoms with Crippen molar-refractivity contribution in [3.63, 3.8) is 0 Å². The second-order valence-corrected chi connectivity index (χ2v) is 7.67. The van der Waals surface area contributed by atoms with Gasteiger partial charge in [-0.2, -0.15) is 9.90 Å². The van der Waals surface area contributed by atoms with Crippen molar-refractivity contribution >= 4 is 28.6 Å². The van der Waals surface area contributed by atoms with Crippen molar-refractivity contribution in [2.75, 3.05) is 0 Å². The van der Waals surface area contributed by atoms with Gasteiger partial charge in [0.15, 0.2) is 0 Å². The summed E-state index contributed by atoms with van der Waals surface area (Å²) in [6.45, 7) is 4.72. The Bertz CT molecular complexity index is 1100. The van der Waals surface area contributed by atoms with Crippen LogP contribution in [0.3, 0.4) is 0 Å². The molecule has 0 spiro atoms. The topological polar surface area (TPSA) is 61.4 Å². The predicted molar refractivity (Wildman–Crippen MR) is 110 cm³/mol. The van der Waals surface area contributed by atoms with Crippen LogP contribution in [0.5, 0.6) is 0 Å². The van der Waals surface area contributed by atoms with Gasteiger partial charge in [-0.1, -0.05) is 34.1 Å². The van der Waals surface area contributed by atoms with Crippen LogP contribution >= 0.6 is 28.6 Å². The Labute approximate surface area is 170 Å². The summed E-state index contributed by atoms with van der Waals surface area (Å²) in [5, 5.41) is 17.9. The van der Waals surface area contributed by atoms with E-state index in [9.17, 15) is 0 Å². The van der Waals surface area contributed by atoms with Gasteiger partial charge in [-0.05, 0) is 60.0 Å². The van der Waals surface area contributed by atoms with Crippen molar-refractivity contribution in [3.05, 3.63) is 69.8 Å². The van der Waals surface area contributed by atoms with Crippen LogP contribution in [0, 0.1) is 13.8 Å². The van der Waals surface area contributed by atoms with E-state index in [0.717, 1.165) is 21.3 Å². The Hall–Kier alpha value is -2.45. The minimum atomic E-state index is 0.507. The monoisotopic (exact) mass is 440 g/mol. The molecule has 0 N–H and O–H groups in total. The standard InChI is InChI=1S/C19H17BrN6S/c1-12-3-8-16(9-13(12)2)26-19(27)17(10-21-26)18-22-24-25(23-18)11-14-4-6-15(20)7-5-14/h3-10,27H,11H2,1-2H3. The van der Waals surface area contributed by atoms with Gasteiger partial charge in [-0.25, -0.2) is 4.68 Å². The van der Waals surface area contributed by atoms with Gasteiger partial charge in [0.2, 0.25) is 5.82 Å². The summed E-state index contributed by atoms with van der Waals surface area (Å²) in [7, 11) is 0. The highest BCUT2D eigenvalue weighted by Crippen LogP contribution is 2.26. The minimum Gasteiger partial charge on any atom is -0.227 e. The van der Waals surface area contributed by atoms with Gasteiger partial charge < -0.3 is 0 Å². The molecule has 0 fully saturated rings. The zero-order valence-corrected chi connectivity index (χ0v) is 17.3. The summed E-state index contributed by atoms with van der Waals surface area (Å²) < 4.78 is 2.82. The maximum Gasteiger partial charge on any atom is 0.209 e. The van der Waals surface area contributed by atoms with Crippen molar-refractivity contribution in [1.29, 1.82) is 0 Å². The molecule has 4 rings (SSSR count). The average molecular weight is 441 g/mol. The largest absolute Gasteiger partial charge is 0.227 e. The number of aryl methyl sites for hydroxylation is 2. The smallest absolute Gasteiger partial charge is 0.209 e. The van der Waals surface area contributed by atoms with E-state index in [1.165, 1.54) is 11.1 Å². The number of rotatable bonds is 4. The van der Waals surface area contributed by atoms with Gasteiger partial charge in [0.05, 0.1) is 24.0 Å². The van der Waals surface area contributed by atoms with Crippen molar-refractivity contribution in [2.45, 2.75) is 25.4 Å². The highest BCUT2D eigenvalue weighted by molar-refractivity contribution is 9.10. The van der Waals surface area contributed by atoms with Gasteiger partial charge in [-0.3, -0.25) is 0 Å². The Balaban J connectivity index is 1.61. The molecule has 136 valence electrons. The quantitative estimate of drug-likeness (QED) is 0.482. The lowest BCUT2D eigenvalue weighted by molar-refractivity contribution is 0.573. The summed E-state index contributed by atoms with van der Waals surface area (Å²) in [6, 6.07) is 14.2. The first kappa shape index (κ1) is 17.9. The number of nitrogens with zero attached hydrogens (tertiary/aromatic N) is 6. The lowest BCUT2D eigenvalue weighted by Crippen LogP contribution is -2.03. The first-order chi connectivity index (χ1) is 13.0. The first-order valence-corrected chi connectivity index (χ1v) is 9.62. The van der Waals surface area contributed by atoms with Crippen LogP contribution in [-0.4, -0.2) is 30.0 Å². The van der Waals surface area contributed by atoms with Crippen LogP contribution in [0.2, 0.25) is 0 Å². The molecule has 0 aliphatic rings. The van der Waals surface area contributed by atoms with E-state index < -0.39 is 0 Å². The van der Waals surface area contributed by atoms with Crippen LogP contribution in [0.25, 0.3) is 17.1 Å². The maximum absolute atomic E-state index is 4.64. The van der Waals surface area contributed by atoms with E-state index in [0.29, 0.717) is 17.4 Å². The van der Waals surface area contributed by atoms with Gasteiger partial charge in [-0.15, -0.1) is 22.8 Å². The maximum atomic E-state index is 4.64. The van der Waals surface area contributed by atoms with Gasteiger partial charge >= 0.3 is 0 Å². The number of hydrogen-bond acceptors (Lipinski definition) is 5. The number of aromatic nitrogens is 6. The molecule has 6 nitrogen and oxygen atoms in total. The molecule has 0 amide bonds. The normalized spacial score (nSPS) is 11.1. The molecule has 2 aromatic carbocycles. The molecule has 4 aromatic rings. The summed E-state index contributed by atoms with van der Waals surface area (Å²) in [5.74, 6) is 0.507. The predicted octanol–water partition coefficient (Wildman–Crippen LogP) is 4.24. The third-order valence-corrected chi connectivity index (χ3v) is 5.37. The van der Waals surface area contributed by atoms with Crippen LogP contribution in [0.1, 0.15) is 16.7 Å². The van der Waals surface area contributed by atoms with Crippen LogP contribution < -0.4 is 0 Å². The number of thiol groups is 1. The fraction of sp³-hybridized carbons (Fsp3) is 0.158. The molecule has 27 heavy (non-hydrogen) atoms. The van der Waals surface area contributed by atoms with Crippen molar-refractivity contribution < 1.29 is 0 Å². The fourth-order valence-corrected chi connectivity index (χ4v) is 3.31. The average Bonchev–Trinajstić information content (AvgIpc) is 3.26. The highest BCUT2D eigenvalue weighted by Gasteiger charge is 2.16. The van der Waals surface area contributed by atoms with E-state index in [4.69, 9.17) is 0 Å². The van der Waals surface area contributed by atoms with Gasteiger partial charge in [0.25, 0.3) is 0 Å². The molecule has 0 aliphatic carbocycles. The Kier molecular flexibility index (Phi) is 4.84. The van der Waals surface area contributed by atoms with Crippen LogP contribution in [-0.2, 0) is 6.54 Å². The molecule has 2 heterocycles. The highest BCUT2D eigenvalue weighted by atomic mass is 79.9. The molecule has 0 bridgehead atoms. The SMILES string of the molecule is Cc1ccc(-n2ncc(-c3nnn(Cc4ccc(Br)cc4)n3)c2S)cc1C. The molecule has 0 atom stereocenters. The van der Waals surface area contributed by atoms with Crippen molar-refractivity contribution in [3.8, 4) is 17.1 Å². The third-order valence-electron chi connectivity index (χ3n) is 4.41. The third kappa shape index (κ3) is 3.68. The number of halogens is 1. The van der Waals surface area contributed by atoms with Crippen LogP contribution in [0.4, 0.5) is 0 Å². The molecule has 0 saturated carbocycles. The van der Waals surface area contributed by atoms with E-state index >= 15 is 0 Å². The zero-order chi connectivity index (χ0) is 19.0. The molecule has 0 radical (unpaired) electrons. The molecular weight excluding hydrogens is 424 g/mol. The molecule has 0 aliphatic heterocycles. The molecule has 0 unspecified atom stereocenters. The van der Waals surface area contributed by atoms with Gasteiger partial charge in [0.1, 0.15) is 5.03 Å². The summed E-state index contributed by atoms with van der Waals surface area (Å²) in [5.41, 5.74) is 5.24. The Morgan fingerprint density at radius 2 is 1.81 bits per heavy atom. The lowest BCUT2D eigenvalue weighted by Gasteiger charge is -2.07. The Morgan fingerprint density at radius 3 is 2.56 bits per heavy atom. The Morgan fingerprint density at radius 1 is 1.04 bits per heavy atom. The first-order valence-electron chi connectivity index (χ1n) is 8.38. The van der Waals surface area contributed by atoms with E-state index in [-0.39, 0.29) is 0 Å². The molecule has 8 heteroatoms. The van der Waals surface area contributed by atoms with E-state index in [2.05, 4.69) is 75.0 Å². The van der Waals surface area contributed by atoms with E-state index in [1.807, 2.05) is 30.3 Å². The summed E-state index contributed by atoms with van der Waals surface area (Å²) in [6.07, 6.45) is 1.72. The number of hydrogen-bond donors (Lipinski definition) is 1. The summed E-state index contributed by atoms with van der Waals surface area (Å²) in [4.78, 5) is 1.57. The second kappa shape index (κ2) is 7.28. The second-order valence-electron chi connectivity index (χ2n) is 6.33. The van der Waals surface area contributed by atoms with Crippen molar-refractivity contribution in [2.24, 2.45) is 0 Å².